The van der Waals surface area contributed by atoms with E-state index in [0.717, 1.165) is 50.4 Å². The summed E-state index contributed by atoms with van der Waals surface area (Å²) in [5, 5.41) is 7.05. The molecule has 27 heavy (non-hydrogen) atoms. The normalized spacial score (nSPS) is 23.0. The van der Waals surface area contributed by atoms with Crippen molar-refractivity contribution in [2.75, 3.05) is 52.9 Å². The molecule has 6 nitrogen and oxygen atoms in total. The Labute approximate surface area is 181 Å². The second kappa shape index (κ2) is 11.9. The van der Waals surface area contributed by atoms with Gasteiger partial charge < -0.3 is 20.0 Å². The van der Waals surface area contributed by atoms with Gasteiger partial charge in [0.25, 0.3) is 0 Å². The van der Waals surface area contributed by atoms with E-state index in [4.69, 9.17) is 4.42 Å². The number of guanidine groups is 1. The summed E-state index contributed by atoms with van der Waals surface area (Å²) in [6.07, 6.45) is 6.95. The SMILES string of the molecule is CCN1CCC(CNC(=NC)NCC(c2ccco2)N2CCCCC2)C1.I. The van der Waals surface area contributed by atoms with E-state index >= 15 is 0 Å². The van der Waals surface area contributed by atoms with Gasteiger partial charge in [0.2, 0.25) is 0 Å². The second-order valence-electron chi connectivity index (χ2n) is 7.51. The molecule has 3 heterocycles. The average molecular weight is 489 g/mol. The topological polar surface area (TPSA) is 56.0 Å². The minimum Gasteiger partial charge on any atom is -0.468 e. The van der Waals surface area contributed by atoms with Gasteiger partial charge in [0.1, 0.15) is 5.76 Å². The molecular formula is C20H36IN5O. The Balaban J connectivity index is 0.00000261. The van der Waals surface area contributed by atoms with Gasteiger partial charge in [-0.25, -0.2) is 0 Å². The van der Waals surface area contributed by atoms with Crippen molar-refractivity contribution in [3.8, 4) is 0 Å². The highest BCUT2D eigenvalue weighted by Crippen LogP contribution is 2.24. The zero-order valence-electron chi connectivity index (χ0n) is 16.8. The summed E-state index contributed by atoms with van der Waals surface area (Å²) in [5.41, 5.74) is 0. The molecule has 1 aromatic heterocycles. The summed E-state index contributed by atoms with van der Waals surface area (Å²) in [6.45, 7) is 9.93. The van der Waals surface area contributed by atoms with Crippen LogP contribution in [0.3, 0.4) is 0 Å². The van der Waals surface area contributed by atoms with E-state index in [2.05, 4.69) is 38.4 Å². The van der Waals surface area contributed by atoms with Gasteiger partial charge in [-0.1, -0.05) is 13.3 Å². The largest absolute Gasteiger partial charge is 0.468 e. The number of rotatable bonds is 7. The van der Waals surface area contributed by atoms with Crippen LogP contribution in [0.1, 0.15) is 44.4 Å². The van der Waals surface area contributed by atoms with Crippen LogP contribution in [0.25, 0.3) is 0 Å². The predicted molar refractivity (Wildman–Crippen MR) is 122 cm³/mol. The molecular weight excluding hydrogens is 453 g/mol. The Kier molecular flexibility index (Phi) is 9.92. The van der Waals surface area contributed by atoms with E-state index < -0.39 is 0 Å². The van der Waals surface area contributed by atoms with Crippen LogP contribution in [-0.4, -0.2) is 68.6 Å². The maximum atomic E-state index is 5.73. The fraction of sp³-hybridized carbons (Fsp3) is 0.750. The van der Waals surface area contributed by atoms with Crippen molar-refractivity contribution in [1.29, 1.82) is 0 Å². The molecule has 0 radical (unpaired) electrons. The molecule has 7 heteroatoms. The molecule has 2 unspecified atom stereocenters. The number of furan rings is 1. The molecule has 2 atom stereocenters. The molecule has 154 valence electrons. The molecule has 3 rings (SSSR count). The number of nitrogens with one attached hydrogen (secondary N) is 2. The molecule has 0 saturated carbocycles. The number of nitrogens with zero attached hydrogens (tertiary/aromatic N) is 3. The third-order valence-corrected chi connectivity index (χ3v) is 5.76. The number of hydrogen-bond acceptors (Lipinski definition) is 4. The first-order chi connectivity index (χ1) is 12.8. The zero-order valence-corrected chi connectivity index (χ0v) is 19.2. The molecule has 0 spiro atoms. The smallest absolute Gasteiger partial charge is 0.191 e. The van der Waals surface area contributed by atoms with Crippen molar-refractivity contribution < 1.29 is 4.42 Å². The van der Waals surface area contributed by atoms with Crippen molar-refractivity contribution in [3.63, 3.8) is 0 Å². The van der Waals surface area contributed by atoms with Gasteiger partial charge in [-0.2, -0.15) is 0 Å². The van der Waals surface area contributed by atoms with Gasteiger partial charge in [0, 0.05) is 26.7 Å². The number of piperidine rings is 1. The van der Waals surface area contributed by atoms with E-state index in [1.807, 2.05) is 13.1 Å². The Bertz CT molecular complexity index is 545. The third kappa shape index (κ3) is 6.64. The molecule has 2 saturated heterocycles. The molecule has 2 fully saturated rings. The van der Waals surface area contributed by atoms with Crippen LogP contribution in [0.5, 0.6) is 0 Å². The Morgan fingerprint density at radius 2 is 2.07 bits per heavy atom. The highest BCUT2D eigenvalue weighted by Gasteiger charge is 2.25. The predicted octanol–water partition coefficient (Wildman–Crippen LogP) is 2.93. The first-order valence-corrected chi connectivity index (χ1v) is 10.2. The molecule has 2 aliphatic heterocycles. The summed E-state index contributed by atoms with van der Waals surface area (Å²) >= 11 is 0. The fourth-order valence-electron chi connectivity index (χ4n) is 4.14. The van der Waals surface area contributed by atoms with Gasteiger partial charge >= 0.3 is 0 Å². The van der Waals surface area contributed by atoms with Crippen LogP contribution in [0.15, 0.2) is 27.8 Å². The Hall–Kier alpha value is -0.800. The Morgan fingerprint density at radius 3 is 2.70 bits per heavy atom. The molecule has 1 aromatic rings. The monoisotopic (exact) mass is 489 g/mol. The van der Waals surface area contributed by atoms with Gasteiger partial charge in [-0.05, 0) is 63.5 Å². The van der Waals surface area contributed by atoms with Crippen LogP contribution in [0.2, 0.25) is 0 Å². The second-order valence-corrected chi connectivity index (χ2v) is 7.51. The summed E-state index contributed by atoms with van der Waals surface area (Å²) in [6, 6.07) is 4.35. The average Bonchev–Trinajstić information content (AvgIpc) is 3.37. The summed E-state index contributed by atoms with van der Waals surface area (Å²) < 4.78 is 5.73. The quantitative estimate of drug-likeness (QED) is 0.351. The lowest BCUT2D eigenvalue weighted by atomic mass is 10.1. The van der Waals surface area contributed by atoms with Gasteiger partial charge in [0.15, 0.2) is 5.96 Å². The minimum absolute atomic E-state index is 0. The molecule has 0 aliphatic carbocycles. The van der Waals surface area contributed by atoms with Crippen LogP contribution < -0.4 is 10.6 Å². The van der Waals surface area contributed by atoms with E-state index in [-0.39, 0.29) is 30.0 Å². The van der Waals surface area contributed by atoms with Crippen molar-refractivity contribution in [3.05, 3.63) is 24.2 Å². The van der Waals surface area contributed by atoms with E-state index in [0.29, 0.717) is 0 Å². The number of hydrogen-bond donors (Lipinski definition) is 2. The van der Waals surface area contributed by atoms with Crippen molar-refractivity contribution in [1.82, 2.24) is 20.4 Å². The molecule has 2 N–H and O–H groups in total. The number of halogens is 1. The maximum absolute atomic E-state index is 5.73. The van der Waals surface area contributed by atoms with Crippen LogP contribution in [-0.2, 0) is 0 Å². The molecule has 0 bridgehead atoms. The summed E-state index contributed by atoms with van der Waals surface area (Å²) in [7, 11) is 1.85. The fourth-order valence-corrected chi connectivity index (χ4v) is 4.14. The zero-order chi connectivity index (χ0) is 18.2. The first kappa shape index (κ1) is 22.5. The summed E-state index contributed by atoms with van der Waals surface area (Å²) in [4.78, 5) is 9.48. The highest BCUT2D eigenvalue weighted by atomic mass is 127. The van der Waals surface area contributed by atoms with Crippen molar-refractivity contribution in [2.24, 2.45) is 10.9 Å². The lowest BCUT2D eigenvalue weighted by Crippen LogP contribution is -2.45. The number of likely N-dealkylation sites (tertiary alicyclic amines) is 2. The minimum atomic E-state index is 0. The van der Waals surface area contributed by atoms with Crippen molar-refractivity contribution in [2.45, 2.75) is 38.6 Å². The lowest BCUT2D eigenvalue weighted by Gasteiger charge is -2.33. The van der Waals surface area contributed by atoms with Crippen molar-refractivity contribution >= 4 is 29.9 Å². The maximum Gasteiger partial charge on any atom is 0.191 e. The van der Waals surface area contributed by atoms with Gasteiger partial charge in [0.05, 0.1) is 12.3 Å². The van der Waals surface area contributed by atoms with Gasteiger partial charge in [-0.15, -0.1) is 24.0 Å². The van der Waals surface area contributed by atoms with Crippen LogP contribution in [0.4, 0.5) is 0 Å². The van der Waals surface area contributed by atoms with E-state index in [1.165, 1.54) is 38.8 Å². The molecule has 0 aromatic carbocycles. The standard InChI is InChI=1S/C20H35N5O.HI/c1-3-24-12-9-17(16-24)14-22-20(21-2)23-15-18(19-8-7-13-26-19)25-10-5-4-6-11-25;/h7-8,13,17-18H,3-6,9-12,14-16H2,1-2H3,(H2,21,22,23);1H. The van der Waals surface area contributed by atoms with Gasteiger partial charge in [-0.3, -0.25) is 9.89 Å². The van der Waals surface area contributed by atoms with E-state index in [1.54, 1.807) is 6.26 Å². The third-order valence-electron chi connectivity index (χ3n) is 5.76. The van der Waals surface area contributed by atoms with Crippen LogP contribution in [0, 0.1) is 5.92 Å². The number of aliphatic imine (C=N–C) groups is 1. The Morgan fingerprint density at radius 1 is 1.26 bits per heavy atom. The molecule has 2 aliphatic rings. The first-order valence-electron chi connectivity index (χ1n) is 10.2. The highest BCUT2D eigenvalue weighted by molar-refractivity contribution is 14.0. The van der Waals surface area contributed by atoms with E-state index in [9.17, 15) is 0 Å². The van der Waals surface area contributed by atoms with Crippen LogP contribution >= 0.6 is 24.0 Å². The molecule has 0 amide bonds. The summed E-state index contributed by atoms with van der Waals surface area (Å²) in [5.74, 6) is 2.66. The lowest BCUT2D eigenvalue weighted by molar-refractivity contribution is 0.146.